The molecule has 2 aromatic carbocycles. The average molecular weight is 410 g/mol. The lowest BCUT2D eigenvalue weighted by Crippen LogP contribution is -1.96. The van der Waals surface area contributed by atoms with Gasteiger partial charge in [0.05, 0.1) is 10.7 Å². The molecule has 0 radical (unpaired) electrons. The molecule has 0 aliphatic rings. The number of nitrogens with one attached hydrogen (secondary N) is 1. The topological polar surface area (TPSA) is 50.9 Å². The fourth-order valence-electron chi connectivity index (χ4n) is 2.21. The Bertz CT molecular complexity index is 833. The summed E-state index contributed by atoms with van der Waals surface area (Å²) in [6.45, 7) is 1.96. The van der Waals surface area contributed by atoms with Crippen LogP contribution in [0.25, 0.3) is 10.8 Å². The van der Waals surface area contributed by atoms with Gasteiger partial charge >= 0.3 is 0 Å². The quantitative estimate of drug-likeness (QED) is 0.456. The van der Waals surface area contributed by atoms with Gasteiger partial charge in [-0.3, -0.25) is 4.98 Å². The highest BCUT2D eigenvalue weighted by atomic mass is 127. The first-order valence-corrected chi connectivity index (χ1v) is 7.87. The summed E-state index contributed by atoms with van der Waals surface area (Å²) in [5, 5.41) is 6.05. The van der Waals surface area contributed by atoms with Crippen LogP contribution in [-0.4, -0.2) is 4.98 Å². The van der Waals surface area contributed by atoms with Crippen LogP contribution in [0.3, 0.4) is 0 Å². The highest BCUT2D eigenvalue weighted by Crippen LogP contribution is 2.33. The third-order valence-electron chi connectivity index (χ3n) is 3.27. The van der Waals surface area contributed by atoms with Crippen molar-refractivity contribution in [3.05, 3.63) is 56.9 Å². The molecule has 1 heterocycles. The fraction of sp³-hybridized carbons (Fsp3) is 0.0625. The minimum atomic E-state index is 0.692. The third kappa shape index (κ3) is 2.91. The predicted octanol–water partition coefficient (Wildman–Crippen LogP) is 5.13. The van der Waals surface area contributed by atoms with E-state index in [2.05, 4.69) is 32.9 Å². The van der Waals surface area contributed by atoms with Gasteiger partial charge in [0.15, 0.2) is 0 Å². The summed E-state index contributed by atoms with van der Waals surface area (Å²) in [4.78, 5) is 4.31. The molecule has 0 saturated heterocycles. The van der Waals surface area contributed by atoms with Gasteiger partial charge in [0, 0.05) is 37.6 Å². The van der Waals surface area contributed by atoms with E-state index >= 15 is 0 Å². The molecule has 3 rings (SSSR count). The van der Waals surface area contributed by atoms with E-state index in [4.69, 9.17) is 17.3 Å². The molecule has 0 fully saturated rings. The summed E-state index contributed by atoms with van der Waals surface area (Å²) in [6, 6.07) is 11.8. The first kappa shape index (κ1) is 14.4. The van der Waals surface area contributed by atoms with E-state index in [9.17, 15) is 0 Å². The van der Waals surface area contributed by atoms with Gasteiger partial charge < -0.3 is 11.1 Å². The van der Waals surface area contributed by atoms with Crippen molar-refractivity contribution in [2.24, 2.45) is 0 Å². The van der Waals surface area contributed by atoms with Crippen LogP contribution < -0.4 is 11.1 Å². The monoisotopic (exact) mass is 409 g/mol. The van der Waals surface area contributed by atoms with Gasteiger partial charge in [-0.1, -0.05) is 11.6 Å². The van der Waals surface area contributed by atoms with Gasteiger partial charge in [-0.2, -0.15) is 0 Å². The zero-order valence-corrected chi connectivity index (χ0v) is 14.2. The van der Waals surface area contributed by atoms with Crippen LogP contribution in [0.4, 0.5) is 17.1 Å². The molecule has 0 amide bonds. The van der Waals surface area contributed by atoms with Gasteiger partial charge in [0.25, 0.3) is 0 Å². The van der Waals surface area contributed by atoms with Crippen molar-refractivity contribution < 1.29 is 0 Å². The zero-order valence-electron chi connectivity index (χ0n) is 11.3. The van der Waals surface area contributed by atoms with Gasteiger partial charge in [-0.05, 0) is 65.9 Å². The van der Waals surface area contributed by atoms with E-state index in [1.807, 2.05) is 43.3 Å². The van der Waals surface area contributed by atoms with Crippen molar-refractivity contribution in [2.75, 3.05) is 11.1 Å². The number of aromatic nitrogens is 1. The van der Waals surface area contributed by atoms with Crippen molar-refractivity contribution in [2.45, 2.75) is 6.92 Å². The number of halogens is 2. The molecule has 3 aromatic rings. The Morgan fingerprint density at radius 2 is 1.86 bits per heavy atom. The third-order valence-corrected chi connectivity index (χ3v) is 4.26. The van der Waals surface area contributed by atoms with Crippen molar-refractivity contribution in [3.63, 3.8) is 0 Å². The van der Waals surface area contributed by atoms with E-state index in [1.54, 1.807) is 6.20 Å². The molecule has 3 N–H and O–H groups in total. The molecule has 0 atom stereocenters. The van der Waals surface area contributed by atoms with E-state index in [-0.39, 0.29) is 0 Å². The number of fused-ring (bicyclic) bond motifs is 1. The van der Waals surface area contributed by atoms with Crippen LogP contribution in [0.5, 0.6) is 0 Å². The van der Waals surface area contributed by atoms with E-state index < -0.39 is 0 Å². The largest absolute Gasteiger partial charge is 0.398 e. The number of pyridine rings is 1. The van der Waals surface area contributed by atoms with Crippen LogP contribution in [0.15, 0.2) is 42.6 Å². The van der Waals surface area contributed by atoms with Crippen molar-refractivity contribution >= 4 is 62.0 Å². The molecule has 3 nitrogen and oxygen atoms in total. The number of nitrogens with zero attached hydrogens (tertiary/aromatic N) is 1. The Kier molecular flexibility index (Phi) is 3.91. The second-order valence-electron chi connectivity index (χ2n) is 4.82. The standard InChI is InChI=1S/C16H13ClIN3/c1-9-6-11-12(8-20-9)14(19)3-5-15(11)21-16-4-2-10(18)7-13(16)17/h2-8,21H,19H2,1H3. The number of nitrogens with two attached hydrogens (primary N) is 1. The molecule has 0 aliphatic carbocycles. The zero-order chi connectivity index (χ0) is 15.0. The number of rotatable bonds is 2. The van der Waals surface area contributed by atoms with Gasteiger partial charge in [0.2, 0.25) is 0 Å². The summed E-state index contributed by atoms with van der Waals surface area (Å²) in [7, 11) is 0. The second kappa shape index (κ2) is 5.69. The minimum absolute atomic E-state index is 0.692. The predicted molar refractivity (Wildman–Crippen MR) is 98.3 cm³/mol. The number of anilines is 3. The molecule has 0 bridgehead atoms. The average Bonchev–Trinajstić information content (AvgIpc) is 2.44. The number of hydrogen-bond acceptors (Lipinski definition) is 3. The number of nitrogen functional groups attached to an aromatic ring is 1. The van der Waals surface area contributed by atoms with Crippen LogP contribution in [0, 0.1) is 10.5 Å². The van der Waals surface area contributed by atoms with E-state index in [0.717, 1.165) is 37.1 Å². The number of hydrogen-bond donors (Lipinski definition) is 2. The van der Waals surface area contributed by atoms with Crippen LogP contribution in [-0.2, 0) is 0 Å². The lowest BCUT2D eigenvalue weighted by Gasteiger charge is -2.13. The SMILES string of the molecule is Cc1cc2c(Nc3ccc(I)cc3Cl)ccc(N)c2cn1. The lowest BCUT2D eigenvalue weighted by atomic mass is 10.1. The molecule has 0 spiro atoms. The molecule has 5 heteroatoms. The highest BCUT2D eigenvalue weighted by molar-refractivity contribution is 14.1. The lowest BCUT2D eigenvalue weighted by molar-refractivity contribution is 1.22. The highest BCUT2D eigenvalue weighted by Gasteiger charge is 2.07. The van der Waals surface area contributed by atoms with Crippen LogP contribution >= 0.6 is 34.2 Å². The number of aryl methyl sites for hydroxylation is 1. The van der Waals surface area contributed by atoms with Gasteiger partial charge in [-0.15, -0.1) is 0 Å². The fourth-order valence-corrected chi connectivity index (χ4v) is 3.11. The molecule has 0 aliphatic heterocycles. The van der Waals surface area contributed by atoms with Crippen molar-refractivity contribution in [1.29, 1.82) is 0 Å². The second-order valence-corrected chi connectivity index (χ2v) is 6.48. The Hall–Kier alpha value is -1.53. The maximum Gasteiger partial charge on any atom is 0.0651 e. The molecule has 0 saturated carbocycles. The molecule has 0 unspecified atom stereocenters. The maximum atomic E-state index is 6.29. The Labute approximate surface area is 141 Å². The van der Waals surface area contributed by atoms with Crippen molar-refractivity contribution in [3.8, 4) is 0 Å². The summed E-state index contributed by atoms with van der Waals surface area (Å²) < 4.78 is 1.10. The molecule has 21 heavy (non-hydrogen) atoms. The smallest absolute Gasteiger partial charge is 0.0651 e. The minimum Gasteiger partial charge on any atom is -0.398 e. The maximum absolute atomic E-state index is 6.29. The first-order valence-electron chi connectivity index (χ1n) is 6.41. The van der Waals surface area contributed by atoms with Crippen LogP contribution in [0.1, 0.15) is 5.69 Å². The Morgan fingerprint density at radius 3 is 2.62 bits per heavy atom. The molecule has 106 valence electrons. The van der Waals surface area contributed by atoms with Crippen LogP contribution in [0.2, 0.25) is 5.02 Å². The summed E-state index contributed by atoms with van der Waals surface area (Å²) in [5.41, 5.74) is 9.53. The molecular weight excluding hydrogens is 397 g/mol. The van der Waals surface area contributed by atoms with E-state index in [1.165, 1.54) is 0 Å². The number of benzene rings is 2. The van der Waals surface area contributed by atoms with Gasteiger partial charge in [-0.25, -0.2) is 0 Å². The Morgan fingerprint density at radius 1 is 1.10 bits per heavy atom. The summed E-state index contributed by atoms with van der Waals surface area (Å²) >= 11 is 8.53. The molecule has 1 aromatic heterocycles. The van der Waals surface area contributed by atoms with Crippen molar-refractivity contribution in [1.82, 2.24) is 4.98 Å². The summed E-state index contributed by atoms with van der Waals surface area (Å²) in [5.74, 6) is 0. The summed E-state index contributed by atoms with van der Waals surface area (Å²) in [6.07, 6.45) is 1.81. The van der Waals surface area contributed by atoms with E-state index in [0.29, 0.717) is 5.02 Å². The molecular formula is C16H13ClIN3. The first-order chi connectivity index (χ1) is 10.0. The normalized spacial score (nSPS) is 10.8. The van der Waals surface area contributed by atoms with Gasteiger partial charge in [0.1, 0.15) is 0 Å². The Balaban J connectivity index is 2.12.